The van der Waals surface area contributed by atoms with Gasteiger partial charge in [-0.15, -0.1) is 0 Å². The lowest BCUT2D eigenvalue weighted by Gasteiger charge is -2.20. The number of carboxylic acids is 1. The zero-order valence-corrected chi connectivity index (χ0v) is 11.8. The van der Waals surface area contributed by atoms with Crippen LogP contribution >= 0.6 is 0 Å². The molecular weight excluding hydrogens is 214 g/mol. The monoisotopic (exact) mass is 243 g/mol. The van der Waals surface area contributed by atoms with Gasteiger partial charge in [0.15, 0.2) is 0 Å². The summed E-state index contributed by atoms with van der Waals surface area (Å²) in [5, 5.41) is 12.3. The molecule has 0 radical (unpaired) electrons. The lowest BCUT2D eigenvalue weighted by Crippen LogP contribution is -2.42. The Hall–Kier alpha value is -0.570. The first-order valence-corrected chi connectivity index (χ1v) is 6.96. The summed E-state index contributed by atoms with van der Waals surface area (Å²) in [6, 6.07) is -0.0734. The maximum atomic E-state index is 11.1. The van der Waals surface area contributed by atoms with Crippen LogP contribution in [-0.4, -0.2) is 23.2 Å². The normalized spacial score (nSPS) is 14.9. The molecule has 0 saturated heterocycles. The third-order valence-electron chi connectivity index (χ3n) is 3.05. The van der Waals surface area contributed by atoms with Crippen LogP contribution < -0.4 is 5.32 Å². The molecule has 0 saturated carbocycles. The van der Waals surface area contributed by atoms with Gasteiger partial charge in [-0.3, -0.25) is 4.79 Å². The highest BCUT2D eigenvalue weighted by Crippen LogP contribution is 2.10. The van der Waals surface area contributed by atoms with E-state index in [0.29, 0.717) is 6.04 Å². The molecule has 0 aliphatic heterocycles. The Balaban J connectivity index is 3.86. The average molecular weight is 243 g/mol. The van der Waals surface area contributed by atoms with Crippen molar-refractivity contribution in [1.29, 1.82) is 0 Å². The minimum atomic E-state index is -0.714. The fraction of sp³-hybridized carbons (Fsp3) is 0.929. The minimum absolute atomic E-state index is 0.298. The van der Waals surface area contributed by atoms with Gasteiger partial charge < -0.3 is 10.4 Å². The molecule has 3 nitrogen and oxygen atoms in total. The topological polar surface area (TPSA) is 49.3 Å². The van der Waals surface area contributed by atoms with Crippen LogP contribution in [0.4, 0.5) is 0 Å². The molecule has 0 rings (SSSR count). The van der Waals surface area contributed by atoms with Gasteiger partial charge in [0, 0.05) is 6.04 Å². The van der Waals surface area contributed by atoms with Crippen molar-refractivity contribution in [2.45, 2.75) is 78.3 Å². The quantitative estimate of drug-likeness (QED) is 0.618. The summed E-state index contributed by atoms with van der Waals surface area (Å²) < 4.78 is 0. The van der Waals surface area contributed by atoms with Gasteiger partial charge in [0.05, 0.1) is 0 Å². The Kier molecular flexibility index (Phi) is 9.14. The number of hydrogen-bond donors (Lipinski definition) is 2. The molecule has 102 valence electrons. The summed E-state index contributed by atoms with van der Waals surface area (Å²) >= 11 is 0. The number of aliphatic carboxylic acids is 1. The van der Waals surface area contributed by atoms with Crippen LogP contribution in [0.5, 0.6) is 0 Å². The fourth-order valence-electron chi connectivity index (χ4n) is 1.95. The lowest BCUT2D eigenvalue weighted by atomic mass is 10.0. The van der Waals surface area contributed by atoms with E-state index < -0.39 is 5.97 Å². The molecule has 3 heteroatoms. The average Bonchev–Trinajstić information content (AvgIpc) is 2.23. The molecule has 0 bridgehead atoms. The van der Waals surface area contributed by atoms with Crippen molar-refractivity contribution < 1.29 is 9.90 Å². The molecule has 0 spiro atoms. The molecule has 0 aliphatic carbocycles. The highest BCUT2D eigenvalue weighted by atomic mass is 16.4. The van der Waals surface area contributed by atoms with Crippen LogP contribution in [-0.2, 0) is 4.79 Å². The van der Waals surface area contributed by atoms with Gasteiger partial charge in [0.25, 0.3) is 0 Å². The molecule has 0 aromatic rings. The maximum Gasteiger partial charge on any atom is 0.320 e. The zero-order valence-electron chi connectivity index (χ0n) is 11.8. The van der Waals surface area contributed by atoms with Crippen LogP contribution in [0.2, 0.25) is 0 Å². The van der Waals surface area contributed by atoms with Crippen molar-refractivity contribution in [1.82, 2.24) is 5.32 Å². The van der Waals surface area contributed by atoms with Crippen molar-refractivity contribution in [3.8, 4) is 0 Å². The van der Waals surface area contributed by atoms with E-state index in [1.54, 1.807) is 0 Å². The highest BCUT2D eigenvalue weighted by Gasteiger charge is 2.18. The molecule has 2 N–H and O–H groups in total. The first kappa shape index (κ1) is 16.4. The molecule has 0 fully saturated rings. The highest BCUT2D eigenvalue weighted by molar-refractivity contribution is 5.73. The molecule has 17 heavy (non-hydrogen) atoms. The Morgan fingerprint density at radius 2 is 1.76 bits per heavy atom. The second-order valence-corrected chi connectivity index (χ2v) is 5.43. The summed E-state index contributed by atoms with van der Waals surface area (Å²) in [6.45, 7) is 8.62. The van der Waals surface area contributed by atoms with Crippen LogP contribution in [0.3, 0.4) is 0 Å². The predicted octanol–water partition coefficient (Wildman–Crippen LogP) is 3.43. The lowest BCUT2D eigenvalue weighted by molar-refractivity contribution is -0.139. The predicted molar refractivity (Wildman–Crippen MR) is 72.2 cm³/mol. The maximum absolute atomic E-state index is 11.1. The van der Waals surface area contributed by atoms with E-state index in [2.05, 4.69) is 33.0 Å². The summed E-state index contributed by atoms with van der Waals surface area (Å²) in [5.74, 6) is 0.0201. The molecule has 2 atom stereocenters. The van der Waals surface area contributed by atoms with E-state index in [4.69, 9.17) is 5.11 Å². The third-order valence-corrected chi connectivity index (χ3v) is 3.05. The summed E-state index contributed by atoms with van der Waals surface area (Å²) in [5.41, 5.74) is 0. The number of unbranched alkanes of at least 4 members (excludes halogenated alkanes) is 1. The van der Waals surface area contributed by atoms with E-state index in [9.17, 15) is 4.79 Å². The number of carboxylic acid groups (broad SMARTS) is 1. The molecule has 0 aliphatic rings. The molecule has 0 heterocycles. The molecule has 2 unspecified atom stereocenters. The Labute approximate surface area is 106 Å². The van der Waals surface area contributed by atoms with E-state index in [-0.39, 0.29) is 6.04 Å². The first-order chi connectivity index (χ1) is 7.97. The second-order valence-electron chi connectivity index (χ2n) is 5.43. The number of nitrogens with one attached hydrogen (secondary N) is 1. The summed E-state index contributed by atoms with van der Waals surface area (Å²) in [7, 11) is 0. The largest absolute Gasteiger partial charge is 0.480 e. The van der Waals surface area contributed by atoms with Gasteiger partial charge >= 0.3 is 5.97 Å². The standard InChI is InChI=1S/C14H29NO2/c1-5-6-10-13(14(16)17)15-12(4)9-7-8-11(2)3/h11-13,15H,5-10H2,1-4H3,(H,16,17). The van der Waals surface area contributed by atoms with E-state index in [0.717, 1.165) is 31.6 Å². The van der Waals surface area contributed by atoms with Gasteiger partial charge in [-0.2, -0.15) is 0 Å². The molecule has 0 aromatic heterocycles. The van der Waals surface area contributed by atoms with Crippen molar-refractivity contribution in [2.24, 2.45) is 5.92 Å². The van der Waals surface area contributed by atoms with E-state index in [1.165, 1.54) is 12.8 Å². The summed E-state index contributed by atoms with van der Waals surface area (Å²) in [4.78, 5) is 11.1. The Morgan fingerprint density at radius 1 is 1.12 bits per heavy atom. The Morgan fingerprint density at radius 3 is 2.24 bits per heavy atom. The van der Waals surface area contributed by atoms with Crippen molar-refractivity contribution in [3.05, 3.63) is 0 Å². The number of rotatable bonds is 10. The van der Waals surface area contributed by atoms with E-state index in [1.807, 2.05) is 0 Å². The SMILES string of the molecule is CCCCC(NC(C)CCCC(C)C)C(=O)O. The van der Waals surface area contributed by atoms with Crippen LogP contribution in [0.1, 0.15) is 66.2 Å². The van der Waals surface area contributed by atoms with E-state index >= 15 is 0 Å². The van der Waals surface area contributed by atoms with Crippen molar-refractivity contribution in [3.63, 3.8) is 0 Å². The van der Waals surface area contributed by atoms with Crippen LogP contribution in [0, 0.1) is 5.92 Å². The van der Waals surface area contributed by atoms with Gasteiger partial charge in [-0.1, -0.05) is 46.5 Å². The minimum Gasteiger partial charge on any atom is -0.480 e. The number of carbonyl (C=O) groups is 1. The third kappa shape index (κ3) is 9.16. The van der Waals surface area contributed by atoms with Crippen molar-refractivity contribution >= 4 is 5.97 Å². The molecular formula is C14H29NO2. The van der Waals surface area contributed by atoms with Gasteiger partial charge in [0.2, 0.25) is 0 Å². The van der Waals surface area contributed by atoms with Gasteiger partial charge in [0.1, 0.15) is 6.04 Å². The van der Waals surface area contributed by atoms with Gasteiger partial charge in [-0.05, 0) is 25.7 Å². The second kappa shape index (κ2) is 9.46. The van der Waals surface area contributed by atoms with Crippen molar-refractivity contribution in [2.75, 3.05) is 0 Å². The van der Waals surface area contributed by atoms with Crippen LogP contribution in [0.25, 0.3) is 0 Å². The summed E-state index contributed by atoms with van der Waals surface area (Å²) in [6.07, 6.45) is 6.22. The molecule has 0 aromatic carbocycles. The number of hydrogen-bond acceptors (Lipinski definition) is 2. The first-order valence-electron chi connectivity index (χ1n) is 6.96. The van der Waals surface area contributed by atoms with Gasteiger partial charge in [-0.25, -0.2) is 0 Å². The van der Waals surface area contributed by atoms with Crippen LogP contribution in [0.15, 0.2) is 0 Å². The smallest absolute Gasteiger partial charge is 0.320 e. The molecule has 0 amide bonds. The fourth-order valence-corrected chi connectivity index (χ4v) is 1.95. The Bertz CT molecular complexity index is 204. The zero-order chi connectivity index (χ0) is 13.3.